The molecule has 1 fully saturated rings. The Bertz CT molecular complexity index is 879. The van der Waals surface area contributed by atoms with Gasteiger partial charge in [-0.2, -0.15) is 0 Å². The van der Waals surface area contributed by atoms with Gasteiger partial charge in [-0.25, -0.2) is 9.97 Å². The third-order valence-corrected chi connectivity index (χ3v) is 5.91. The topological polar surface area (TPSA) is 75.2 Å². The van der Waals surface area contributed by atoms with E-state index in [0.29, 0.717) is 19.5 Å². The Morgan fingerprint density at radius 2 is 2.04 bits per heavy atom. The Morgan fingerprint density at radius 1 is 1.21 bits per heavy atom. The highest BCUT2D eigenvalue weighted by molar-refractivity contribution is 5.78. The summed E-state index contributed by atoms with van der Waals surface area (Å²) in [6, 6.07) is 10.0. The number of fused-ring (bicyclic) bond motifs is 2. The largest absolute Gasteiger partial charge is 0.356 e. The lowest BCUT2D eigenvalue weighted by Crippen LogP contribution is -2.48. The van der Waals surface area contributed by atoms with Gasteiger partial charge in [0.15, 0.2) is 5.82 Å². The molecule has 6 heteroatoms. The predicted octanol–water partition coefficient (Wildman–Crippen LogP) is 2.48. The molecular weight excluding hydrogens is 352 g/mol. The molecule has 0 saturated carbocycles. The van der Waals surface area contributed by atoms with Crippen LogP contribution in [-0.4, -0.2) is 46.3 Å². The quantitative estimate of drug-likeness (QED) is 0.887. The van der Waals surface area contributed by atoms with Crippen LogP contribution >= 0.6 is 0 Å². The van der Waals surface area contributed by atoms with Gasteiger partial charge in [-0.3, -0.25) is 9.59 Å². The number of piperidine rings is 1. The summed E-state index contributed by atoms with van der Waals surface area (Å²) in [7, 11) is 0. The van der Waals surface area contributed by atoms with E-state index in [-0.39, 0.29) is 17.2 Å². The van der Waals surface area contributed by atoms with Crippen molar-refractivity contribution in [2.75, 3.05) is 19.6 Å². The van der Waals surface area contributed by atoms with Crippen LogP contribution in [0.4, 0.5) is 0 Å². The van der Waals surface area contributed by atoms with Crippen LogP contribution in [0.15, 0.2) is 36.5 Å². The first kappa shape index (κ1) is 18.6. The fraction of sp³-hybridized carbons (Fsp3) is 0.455. The summed E-state index contributed by atoms with van der Waals surface area (Å²) >= 11 is 0. The number of likely N-dealkylation sites (tertiary alicyclic amines) is 1. The highest BCUT2D eigenvalue weighted by atomic mass is 16.2. The van der Waals surface area contributed by atoms with Gasteiger partial charge in [-0.05, 0) is 31.2 Å². The molecule has 2 heterocycles. The second kappa shape index (κ2) is 7.70. The van der Waals surface area contributed by atoms with Gasteiger partial charge >= 0.3 is 0 Å². The Labute approximate surface area is 165 Å². The minimum Gasteiger partial charge on any atom is -0.356 e. The summed E-state index contributed by atoms with van der Waals surface area (Å²) < 4.78 is 0. The summed E-state index contributed by atoms with van der Waals surface area (Å²) in [6.07, 6.45) is 6.35. The lowest BCUT2D eigenvalue weighted by Gasteiger charge is -2.40. The van der Waals surface area contributed by atoms with Crippen molar-refractivity contribution in [2.45, 2.75) is 44.4 Å². The number of nitrogens with one attached hydrogen (secondary N) is 1. The van der Waals surface area contributed by atoms with E-state index in [1.54, 1.807) is 0 Å². The summed E-state index contributed by atoms with van der Waals surface area (Å²) in [5.41, 5.74) is 3.29. The number of amides is 2. The van der Waals surface area contributed by atoms with Gasteiger partial charge < -0.3 is 10.2 Å². The summed E-state index contributed by atoms with van der Waals surface area (Å²) in [6.45, 7) is 3.37. The number of rotatable bonds is 4. The Kier molecular flexibility index (Phi) is 5.11. The molecule has 28 heavy (non-hydrogen) atoms. The van der Waals surface area contributed by atoms with E-state index in [1.165, 1.54) is 12.5 Å². The van der Waals surface area contributed by atoms with Crippen molar-refractivity contribution >= 4 is 11.8 Å². The molecule has 1 unspecified atom stereocenters. The van der Waals surface area contributed by atoms with Gasteiger partial charge in [0.25, 0.3) is 0 Å². The zero-order chi connectivity index (χ0) is 19.6. The molecule has 1 N–H and O–H groups in total. The number of hydrogen-bond acceptors (Lipinski definition) is 4. The number of nitrogens with zero attached hydrogens (tertiary/aromatic N) is 3. The van der Waals surface area contributed by atoms with Crippen molar-refractivity contribution < 1.29 is 9.59 Å². The van der Waals surface area contributed by atoms with E-state index in [1.807, 2.05) is 41.4 Å². The van der Waals surface area contributed by atoms with Crippen LogP contribution in [0.5, 0.6) is 0 Å². The van der Waals surface area contributed by atoms with Gasteiger partial charge in [-0.1, -0.05) is 30.3 Å². The molecule has 2 amide bonds. The molecule has 2 aromatic rings. The molecule has 4 rings (SSSR count). The van der Waals surface area contributed by atoms with E-state index in [9.17, 15) is 9.59 Å². The zero-order valence-corrected chi connectivity index (χ0v) is 16.3. The molecule has 1 saturated heterocycles. The number of carbonyl (C=O) groups excluding carboxylic acids is 2. The van der Waals surface area contributed by atoms with E-state index < -0.39 is 0 Å². The zero-order valence-electron chi connectivity index (χ0n) is 16.3. The van der Waals surface area contributed by atoms with Crippen LogP contribution < -0.4 is 5.32 Å². The Hall–Kier alpha value is -2.76. The number of hydrogen-bond donors (Lipinski definition) is 1. The molecule has 146 valence electrons. The molecular formula is C22H26N4O2. The summed E-state index contributed by atoms with van der Waals surface area (Å²) in [5, 5.41) is 2.71. The van der Waals surface area contributed by atoms with Gasteiger partial charge in [0.2, 0.25) is 11.8 Å². The van der Waals surface area contributed by atoms with Crippen molar-refractivity contribution in [3.63, 3.8) is 0 Å². The minimum atomic E-state index is -0.0993. The number of aryl methyl sites for hydroxylation is 1. The molecule has 1 aromatic heterocycles. The smallest absolute Gasteiger partial charge is 0.224 e. The highest BCUT2D eigenvalue weighted by Gasteiger charge is 2.44. The van der Waals surface area contributed by atoms with Crippen LogP contribution in [0.2, 0.25) is 0 Å². The summed E-state index contributed by atoms with van der Waals surface area (Å²) in [4.78, 5) is 35.2. The van der Waals surface area contributed by atoms with E-state index in [4.69, 9.17) is 4.98 Å². The average molecular weight is 378 g/mol. The van der Waals surface area contributed by atoms with E-state index in [2.05, 4.69) is 10.3 Å². The van der Waals surface area contributed by atoms with Crippen molar-refractivity contribution in [3.05, 3.63) is 47.8 Å². The van der Waals surface area contributed by atoms with Crippen LogP contribution in [-0.2, 0) is 21.4 Å². The molecule has 0 bridgehead atoms. The molecule has 0 radical (unpaired) electrons. The Balaban J connectivity index is 1.55. The maximum Gasteiger partial charge on any atom is 0.224 e. The molecule has 6 nitrogen and oxygen atoms in total. The first-order valence-corrected chi connectivity index (χ1v) is 10.0. The average Bonchev–Trinajstić information content (AvgIpc) is 3.05. The lowest BCUT2D eigenvalue weighted by molar-refractivity contribution is -0.133. The molecule has 1 aliphatic carbocycles. The van der Waals surface area contributed by atoms with Gasteiger partial charge in [0.05, 0.1) is 5.69 Å². The SMILES string of the molecule is CC(=O)NCCC(=O)N1CCCC2(CCc3cnc(-c4ccccc4)nc32)C1. The van der Waals surface area contributed by atoms with Crippen LogP contribution in [0, 0.1) is 0 Å². The van der Waals surface area contributed by atoms with Crippen molar-refractivity contribution in [2.24, 2.45) is 0 Å². The van der Waals surface area contributed by atoms with E-state index in [0.717, 1.165) is 49.3 Å². The predicted molar refractivity (Wildman–Crippen MR) is 107 cm³/mol. The monoisotopic (exact) mass is 378 g/mol. The Morgan fingerprint density at radius 3 is 2.82 bits per heavy atom. The number of aromatic nitrogens is 2. The molecule has 2 aliphatic rings. The normalized spacial score (nSPS) is 20.8. The summed E-state index contributed by atoms with van der Waals surface area (Å²) in [5.74, 6) is 0.770. The fourth-order valence-electron chi connectivity index (χ4n) is 4.51. The van der Waals surface area contributed by atoms with Crippen molar-refractivity contribution in [1.82, 2.24) is 20.2 Å². The minimum absolute atomic E-state index is 0.0658. The van der Waals surface area contributed by atoms with Gasteiger partial charge in [0.1, 0.15) is 0 Å². The molecule has 1 aromatic carbocycles. The van der Waals surface area contributed by atoms with Crippen LogP contribution in [0.25, 0.3) is 11.4 Å². The number of carbonyl (C=O) groups is 2. The standard InChI is InChI=1S/C22H26N4O2/c1-16(27)23-12-9-19(28)26-13-5-10-22(15-26)11-8-18-14-24-21(25-20(18)22)17-6-3-2-4-7-17/h2-4,6-7,14H,5,8-13,15H2,1H3,(H,23,27). The second-order valence-electron chi connectivity index (χ2n) is 7.87. The first-order valence-electron chi connectivity index (χ1n) is 10.0. The van der Waals surface area contributed by atoms with Crippen molar-refractivity contribution in [3.8, 4) is 11.4 Å². The van der Waals surface area contributed by atoms with E-state index >= 15 is 0 Å². The van der Waals surface area contributed by atoms with Crippen molar-refractivity contribution in [1.29, 1.82) is 0 Å². The highest BCUT2D eigenvalue weighted by Crippen LogP contribution is 2.44. The van der Waals surface area contributed by atoms with Gasteiger partial charge in [-0.15, -0.1) is 0 Å². The maximum absolute atomic E-state index is 12.7. The fourth-order valence-corrected chi connectivity index (χ4v) is 4.51. The number of benzene rings is 1. The lowest BCUT2D eigenvalue weighted by atomic mass is 9.77. The molecule has 1 spiro atoms. The van der Waals surface area contributed by atoms with Crippen LogP contribution in [0.3, 0.4) is 0 Å². The third-order valence-electron chi connectivity index (χ3n) is 5.91. The van der Waals surface area contributed by atoms with Crippen LogP contribution in [0.1, 0.15) is 43.9 Å². The first-order chi connectivity index (χ1) is 13.6. The third kappa shape index (κ3) is 3.63. The molecule has 1 aliphatic heterocycles. The molecule has 1 atom stereocenters. The van der Waals surface area contributed by atoms with Gasteiger partial charge in [0, 0.05) is 50.2 Å². The second-order valence-corrected chi connectivity index (χ2v) is 7.87. The maximum atomic E-state index is 12.7.